The van der Waals surface area contributed by atoms with Crippen LogP contribution >= 0.6 is 11.8 Å². The first-order valence-electron chi connectivity index (χ1n) is 10.1. The molecule has 1 heterocycles. The summed E-state index contributed by atoms with van der Waals surface area (Å²) in [5.41, 5.74) is 1.53. The third-order valence-corrected chi connectivity index (χ3v) is 6.07. The average molecular weight is 424 g/mol. The van der Waals surface area contributed by atoms with Crippen molar-refractivity contribution in [3.8, 4) is 0 Å². The Bertz CT molecular complexity index is 725. The van der Waals surface area contributed by atoms with Crippen LogP contribution in [-0.2, 0) is 22.4 Å². The van der Waals surface area contributed by atoms with E-state index in [0.717, 1.165) is 23.5 Å². The lowest BCUT2D eigenvalue weighted by atomic mass is 10.0. The van der Waals surface area contributed by atoms with Gasteiger partial charge >= 0.3 is 5.97 Å². The van der Waals surface area contributed by atoms with Gasteiger partial charge in [-0.3, -0.25) is 9.59 Å². The molecule has 0 unspecified atom stereocenters. The molecule has 1 aliphatic heterocycles. The molecule has 1 saturated heterocycles. The summed E-state index contributed by atoms with van der Waals surface area (Å²) < 4.78 is 13.6. The summed E-state index contributed by atoms with van der Waals surface area (Å²) in [6.45, 7) is 2.52. The lowest BCUT2D eigenvalue weighted by Crippen LogP contribution is -2.34. The third-order valence-electron chi connectivity index (χ3n) is 5.02. The molecule has 2 rings (SSSR count). The van der Waals surface area contributed by atoms with E-state index in [-0.39, 0.29) is 24.2 Å². The Morgan fingerprint density at radius 2 is 2.21 bits per heavy atom. The van der Waals surface area contributed by atoms with E-state index in [4.69, 9.17) is 5.11 Å². The smallest absolute Gasteiger partial charge is 0.303 e. The zero-order valence-electron chi connectivity index (χ0n) is 16.8. The van der Waals surface area contributed by atoms with Gasteiger partial charge in [0, 0.05) is 31.6 Å². The highest BCUT2D eigenvalue weighted by Gasteiger charge is 2.28. The number of aliphatic hydroxyl groups excluding tert-OH is 1. The predicted molar refractivity (Wildman–Crippen MR) is 114 cm³/mol. The van der Waals surface area contributed by atoms with E-state index in [0.29, 0.717) is 37.8 Å². The second-order valence-electron chi connectivity index (χ2n) is 7.24. The second kappa shape index (κ2) is 12.0. The highest BCUT2D eigenvalue weighted by atomic mass is 32.2. The largest absolute Gasteiger partial charge is 0.481 e. The minimum absolute atomic E-state index is 0.0174. The maximum absolute atomic E-state index is 13.6. The first-order chi connectivity index (χ1) is 13.9. The fourth-order valence-electron chi connectivity index (χ4n) is 3.43. The molecule has 1 aliphatic rings. The Balaban J connectivity index is 1.81. The monoisotopic (exact) mass is 423 g/mol. The van der Waals surface area contributed by atoms with Crippen LogP contribution < -0.4 is 0 Å². The molecule has 0 aliphatic carbocycles. The number of carbonyl (C=O) groups is 2. The van der Waals surface area contributed by atoms with Crippen molar-refractivity contribution in [3.63, 3.8) is 0 Å². The highest BCUT2D eigenvalue weighted by molar-refractivity contribution is 7.99. The van der Waals surface area contributed by atoms with E-state index in [1.165, 1.54) is 6.07 Å². The molecule has 0 spiro atoms. The number of carbonyl (C=O) groups excluding carboxylic acids is 1. The molecule has 0 bridgehead atoms. The van der Waals surface area contributed by atoms with Gasteiger partial charge in [-0.05, 0) is 42.2 Å². The van der Waals surface area contributed by atoms with Crippen LogP contribution in [0.4, 0.5) is 4.39 Å². The fourth-order valence-corrected chi connectivity index (χ4v) is 4.31. The topological polar surface area (TPSA) is 77.8 Å². The highest BCUT2D eigenvalue weighted by Crippen LogP contribution is 2.21. The van der Waals surface area contributed by atoms with Crippen LogP contribution in [0.3, 0.4) is 0 Å². The van der Waals surface area contributed by atoms with Crippen molar-refractivity contribution in [1.29, 1.82) is 0 Å². The zero-order valence-corrected chi connectivity index (χ0v) is 17.7. The molecule has 1 fully saturated rings. The summed E-state index contributed by atoms with van der Waals surface area (Å²) in [6.07, 6.45) is 6.00. The lowest BCUT2D eigenvalue weighted by molar-refractivity contribution is -0.137. The number of halogens is 1. The van der Waals surface area contributed by atoms with Gasteiger partial charge in [0.15, 0.2) is 0 Å². The summed E-state index contributed by atoms with van der Waals surface area (Å²) in [5.74, 6) is 0.655. The average Bonchev–Trinajstić information content (AvgIpc) is 3.04. The van der Waals surface area contributed by atoms with Crippen molar-refractivity contribution in [2.24, 2.45) is 0 Å². The van der Waals surface area contributed by atoms with Gasteiger partial charge in [-0.15, -0.1) is 0 Å². The van der Waals surface area contributed by atoms with Crippen molar-refractivity contribution < 1.29 is 24.2 Å². The summed E-state index contributed by atoms with van der Waals surface area (Å²) in [6, 6.07) is 4.91. The molecule has 5 nitrogen and oxygen atoms in total. The third kappa shape index (κ3) is 7.82. The number of likely N-dealkylation sites (tertiary alicyclic amines) is 1. The molecular weight excluding hydrogens is 393 g/mol. The number of rotatable bonds is 12. The molecule has 0 radical (unpaired) electrons. The molecule has 2 atom stereocenters. The van der Waals surface area contributed by atoms with E-state index < -0.39 is 12.1 Å². The number of carboxylic acid groups (broad SMARTS) is 1. The van der Waals surface area contributed by atoms with Crippen molar-refractivity contribution in [2.45, 2.75) is 57.6 Å². The van der Waals surface area contributed by atoms with Gasteiger partial charge in [0.25, 0.3) is 0 Å². The normalized spacial score (nSPS) is 18.0. The number of aliphatic hydroxyl groups is 1. The summed E-state index contributed by atoms with van der Waals surface area (Å²) in [7, 11) is 0. The molecule has 29 heavy (non-hydrogen) atoms. The molecule has 1 amide bonds. The summed E-state index contributed by atoms with van der Waals surface area (Å²) in [4.78, 5) is 24.5. The Kier molecular flexibility index (Phi) is 9.67. The SMILES string of the molecule is CCc1cc(C[C@H](O)C=C[C@H]2CCC(=O)N2CCSCCCC(=O)O)ccc1F. The molecule has 1 aromatic rings. The minimum atomic E-state index is -0.782. The quantitative estimate of drug-likeness (QED) is 0.398. The Hall–Kier alpha value is -1.86. The molecule has 0 aromatic heterocycles. The van der Waals surface area contributed by atoms with Crippen molar-refractivity contribution >= 4 is 23.6 Å². The number of aryl methyl sites for hydroxylation is 1. The fraction of sp³-hybridized carbons (Fsp3) is 0.545. The Labute approximate surface area is 176 Å². The standard InChI is InChI=1S/C22H30FNO4S/c1-2-17-14-16(5-9-20(17)23)15-19(25)8-6-18-7-10-21(26)24(18)11-13-29-12-3-4-22(27)28/h5-6,8-9,14,18-19,25H,2-4,7,10-13,15H2,1H3,(H,27,28)/t18-,19+/m0/s1. The molecular formula is C22H30FNO4S. The van der Waals surface area contributed by atoms with Gasteiger partial charge in [0.2, 0.25) is 5.91 Å². The number of amides is 1. The molecule has 7 heteroatoms. The van der Waals surface area contributed by atoms with E-state index >= 15 is 0 Å². The predicted octanol–water partition coefficient (Wildman–Crippen LogP) is 3.44. The van der Waals surface area contributed by atoms with Gasteiger partial charge in [-0.25, -0.2) is 4.39 Å². The number of hydrogen-bond acceptors (Lipinski definition) is 4. The van der Waals surface area contributed by atoms with Crippen molar-refractivity contribution in [2.75, 3.05) is 18.1 Å². The van der Waals surface area contributed by atoms with Gasteiger partial charge < -0.3 is 15.1 Å². The van der Waals surface area contributed by atoms with Crippen LogP contribution in [0.15, 0.2) is 30.4 Å². The van der Waals surface area contributed by atoms with Crippen LogP contribution in [0.5, 0.6) is 0 Å². The van der Waals surface area contributed by atoms with Gasteiger partial charge in [0.05, 0.1) is 12.1 Å². The maximum atomic E-state index is 13.6. The number of carboxylic acids is 1. The first-order valence-corrected chi connectivity index (χ1v) is 11.3. The number of nitrogens with zero attached hydrogens (tertiary/aromatic N) is 1. The van der Waals surface area contributed by atoms with E-state index in [1.54, 1.807) is 30.0 Å². The Morgan fingerprint density at radius 1 is 1.41 bits per heavy atom. The zero-order chi connectivity index (χ0) is 21.2. The van der Waals surface area contributed by atoms with Crippen molar-refractivity contribution in [3.05, 3.63) is 47.3 Å². The van der Waals surface area contributed by atoms with Crippen LogP contribution in [0, 0.1) is 5.82 Å². The van der Waals surface area contributed by atoms with Crippen LogP contribution in [0.25, 0.3) is 0 Å². The van der Waals surface area contributed by atoms with E-state index in [2.05, 4.69) is 0 Å². The van der Waals surface area contributed by atoms with Gasteiger partial charge in [-0.2, -0.15) is 11.8 Å². The molecule has 2 N–H and O–H groups in total. The first kappa shape index (κ1) is 23.4. The minimum Gasteiger partial charge on any atom is -0.481 e. The summed E-state index contributed by atoms with van der Waals surface area (Å²) in [5, 5.41) is 19.0. The lowest BCUT2D eigenvalue weighted by Gasteiger charge is -2.22. The number of hydrogen-bond donors (Lipinski definition) is 2. The Morgan fingerprint density at radius 3 is 2.93 bits per heavy atom. The molecule has 0 saturated carbocycles. The molecule has 160 valence electrons. The van der Waals surface area contributed by atoms with Crippen LogP contribution in [-0.4, -0.2) is 57.2 Å². The summed E-state index contributed by atoms with van der Waals surface area (Å²) >= 11 is 1.66. The van der Waals surface area contributed by atoms with Gasteiger partial charge in [0.1, 0.15) is 5.82 Å². The van der Waals surface area contributed by atoms with E-state index in [1.807, 2.05) is 17.9 Å². The van der Waals surface area contributed by atoms with E-state index in [9.17, 15) is 19.1 Å². The second-order valence-corrected chi connectivity index (χ2v) is 8.46. The van der Waals surface area contributed by atoms with Crippen molar-refractivity contribution in [1.82, 2.24) is 4.90 Å². The van der Waals surface area contributed by atoms with Gasteiger partial charge in [-0.1, -0.05) is 31.2 Å². The van der Waals surface area contributed by atoms with Crippen LogP contribution in [0.1, 0.15) is 43.7 Å². The maximum Gasteiger partial charge on any atom is 0.303 e. The van der Waals surface area contributed by atoms with Crippen LogP contribution in [0.2, 0.25) is 0 Å². The number of thioether (sulfide) groups is 1. The number of benzene rings is 1. The molecule has 1 aromatic carbocycles. The number of aliphatic carboxylic acids is 1.